The normalized spacial score (nSPS) is 11.0. The second-order valence-electron chi connectivity index (χ2n) is 4.71. The standard InChI is InChI=1S/C16H16BrN3S/c1-3-11-6-8-14(21-11)16-19-13-7-5-10(17)9-12(13)15(20-16)18-4-2/h5-9H,3-4H2,1-2H3,(H,18,19,20). The van der Waals surface area contributed by atoms with Gasteiger partial charge in [-0.2, -0.15) is 0 Å². The monoisotopic (exact) mass is 361 g/mol. The average molecular weight is 362 g/mol. The van der Waals surface area contributed by atoms with Gasteiger partial charge in [0.25, 0.3) is 0 Å². The van der Waals surface area contributed by atoms with Gasteiger partial charge in [-0.05, 0) is 43.7 Å². The van der Waals surface area contributed by atoms with E-state index in [0.29, 0.717) is 0 Å². The highest BCUT2D eigenvalue weighted by Crippen LogP contribution is 2.30. The van der Waals surface area contributed by atoms with Gasteiger partial charge >= 0.3 is 0 Å². The summed E-state index contributed by atoms with van der Waals surface area (Å²) in [6.45, 7) is 5.08. The molecule has 2 heterocycles. The van der Waals surface area contributed by atoms with E-state index in [1.165, 1.54) is 4.88 Å². The number of benzene rings is 1. The first-order valence-corrected chi connectivity index (χ1v) is 8.62. The first-order chi connectivity index (χ1) is 10.2. The van der Waals surface area contributed by atoms with Gasteiger partial charge in [0.15, 0.2) is 5.82 Å². The van der Waals surface area contributed by atoms with Gasteiger partial charge in [-0.15, -0.1) is 11.3 Å². The molecule has 0 aliphatic rings. The van der Waals surface area contributed by atoms with Gasteiger partial charge < -0.3 is 5.32 Å². The lowest BCUT2D eigenvalue weighted by Gasteiger charge is -2.09. The van der Waals surface area contributed by atoms with Crippen molar-refractivity contribution < 1.29 is 0 Å². The molecule has 3 nitrogen and oxygen atoms in total. The molecule has 5 heteroatoms. The number of aryl methyl sites for hydroxylation is 1. The predicted octanol–water partition coefficient (Wildman–Crippen LogP) is 5.12. The third-order valence-electron chi connectivity index (χ3n) is 3.23. The van der Waals surface area contributed by atoms with Crippen molar-refractivity contribution in [2.24, 2.45) is 0 Å². The van der Waals surface area contributed by atoms with Gasteiger partial charge in [-0.3, -0.25) is 0 Å². The summed E-state index contributed by atoms with van der Waals surface area (Å²) in [5.74, 6) is 1.69. The Morgan fingerprint density at radius 2 is 2.00 bits per heavy atom. The van der Waals surface area contributed by atoms with Gasteiger partial charge in [-0.25, -0.2) is 9.97 Å². The van der Waals surface area contributed by atoms with Crippen LogP contribution in [0, 0.1) is 0 Å². The molecule has 3 aromatic rings. The number of anilines is 1. The van der Waals surface area contributed by atoms with Gasteiger partial charge in [0.2, 0.25) is 0 Å². The molecular formula is C16H16BrN3S. The van der Waals surface area contributed by atoms with Crippen molar-refractivity contribution in [3.05, 3.63) is 39.7 Å². The summed E-state index contributed by atoms with van der Waals surface area (Å²) in [5, 5.41) is 4.39. The van der Waals surface area contributed by atoms with Gasteiger partial charge in [0, 0.05) is 21.3 Å². The smallest absolute Gasteiger partial charge is 0.172 e. The van der Waals surface area contributed by atoms with Crippen molar-refractivity contribution in [2.45, 2.75) is 20.3 Å². The van der Waals surface area contributed by atoms with Crippen molar-refractivity contribution in [1.29, 1.82) is 0 Å². The maximum absolute atomic E-state index is 4.72. The minimum absolute atomic E-state index is 0.797. The van der Waals surface area contributed by atoms with Crippen LogP contribution in [-0.2, 0) is 6.42 Å². The zero-order valence-corrected chi connectivity index (χ0v) is 14.4. The van der Waals surface area contributed by atoms with E-state index < -0.39 is 0 Å². The molecule has 108 valence electrons. The Morgan fingerprint density at radius 1 is 1.14 bits per heavy atom. The van der Waals surface area contributed by atoms with Crippen LogP contribution in [0.25, 0.3) is 21.6 Å². The van der Waals surface area contributed by atoms with Crippen LogP contribution in [0.15, 0.2) is 34.8 Å². The van der Waals surface area contributed by atoms with Crippen LogP contribution in [0.4, 0.5) is 5.82 Å². The second kappa shape index (κ2) is 6.12. The number of halogens is 1. The summed E-state index contributed by atoms with van der Waals surface area (Å²) >= 11 is 5.27. The molecule has 0 saturated carbocycles. The predicted molar refractivity (Wildman–Crippen MR) is 94.1 cm³/mol. The molecule has 2 aromatic heterocycles. The lowest BCUT2D eigenvalue weighted by atomic mass is 10.2. The Morgan fingerprint density at radius 3 is 2.71 bits per heavy atom. The summed E-state index contributed by atoms with van der Waals surface area (Å²) in [7, 11) is 0. The molecule has 0 fully saturated rings. The largest absolute Gasteiger partial charge is 0.370 e. The molecular weight excluding hydrogens is 346 g/mol. The van der Waals surface area contributed by atoms with E-state index >= 15 is 0 Å². The molecule has 0 spiro atoms. The molecule has 3 rings (SSSR count). The van der Waals surface area contributed by atoms with Crippen molar-refractivity contribution >= 4 is 44.0 Å². The number of rotatable bonds is 4. The fourth-order valence-electron chi connectivity index (χ4n) is 2.20. The first-order valence-electron chi connectivity index (χ1n) is 7.01. The van der Waals surface area contributed by atoms with Crippen LogP contribution in [0.3, 0.4) is 0 Å². The fraction of sp³-hybridized carbons (Fsp3) is 0.250. The van der Waals surface area contributed by atoms with E-state index in [2.05, 4.69) is 53.3 Å². The van der Waals surface area contributed by atoms with Crippen LogP contribution in [-0.4, -0.2) is 16.5 Å². The summed E-state index contributed by atoms with van der Waals surface area (Å²) in [4.78, 5) is 11.9. The molecule has 0 aliphatic carbocycles. The fourth-order valence-corrected chi connectivity index (χ4v) is 3.44. The number of hydrogen-bond donors (Lipinski definition) is 1. The topological polar surface area (TPSA) is 37.8 Å². The molecule has 21 heavy (non-hydrogen) atoms. The molecule has 1 aromatic carbocycles. The van der Waals surface area contributed by atoms with Gasteiger partial charge in [0.05, 0.1) is 10.4 Å². The Balaban J connectivity index is 2.17. The van der Waals surface area contributed by atoms with Gasteiger partial charge in [0.1, 0.15) is 5.82 Å². The summed E-state index contributed by atoms with van der Waals surface area (Å²) in [6, 6.07) is 10.4. The van der Waals surface area contributed by atoms with E-state index in [9.17, 15) is 0 Å². The summed E-state index contributed by atoms with van der Waals surface area (Å²) in [5.41, 5.74) is 0.964. The molecule has 0 atom stereocenters. The molecule has 0 aliphatic heterocycles. The lowest BCUT2D eigenvalue weighted by molar-refractivity contribution is 1.15. The Kier molecular flexibility index (Phi) is 4.22. The Labute approximate surface area is 136 Å². The average Bonchev–Trinajstić information content (AvgIpc) is 2.97. The number of nitrogens with one attached hydrogen (secondary N) is 1. The van der Waals surface area contributed by atoms with Crippen LogP contribution < -0.4 is 5.32 Å². The zero-order chi connectivity index (χ0) is 14.8. The van der Waals surface area contributed by atoms with E-state index in [4.69, 9.17) is 9.97 Å². The van der Waals surface area contributed by atoms with Crippen molar-refractivity contribution in [3.63, 3.8) is 0 Å². The zero-order valence-electron chi connectivity index (χ0n) is 12.0. The molecule has 0 radical (unpaired) electrons. The number of nitrogens with zero attached hydrogens (tertiary/aromatic N) is 2. The van der Waals surface area contributed by atoms with E-state index in [-0.39, 0.29) is 0 Å². The molecule has 0 bridgehead atoms. The minimum atomic E-state index is 0.797. The maximum atomic E-state index is 4.72. The van der Waals surface area contributed by atoms with Crippen LogP contribution >= 0.6 is 27.3 Å². The van der Waals surface area contributed by atoms with E-state index in [1.807, 2.05) is 12.1 Å². The molecule has 0 unspecified atom stereocenters. The summed E-state index contributed by atoms with van der Waals surface area (Å²) in [6.07, 6.45) is 1.05. The summed E-state index contributed by atoms with van der Waals surface area (Å²) < 4.78 is 1.04. The number of thiophene rings is 1. The van der Waals surface area contributed by atoms with Crippen molar-refractivity contribution in [3.8, 4) is 10.7 Å². The van der Waals surface area contributed by atoms with E-state index in [0.717, 1.165) is 44.9 Å². The van der Waals surface area contributed by atoms with Crippen LogP contribution in [0.2, 0.25) is 0 Å². The van der Waals surface area contributed by atoms with Crippen molar-refractivity contribution in [1.82, 2.24) is 9.97 Å². The van der Waals surface area contributed by atoms with E-state index in [1.54, 1.807) is 11.3 Å². The molecule has 0 saturated heterocycles. The number of fused-ring (bicyclic) bond motifs is 1. The second-order valence-corrected chi connectivity index (χ2v) is 6.79. The molecule has 1 N–H and O–H groups in total. The number of aromatic nitrogens is 2. The van der Waals surface area contributed by atoms with Crippen molar-refractivity contribution in [2.75, 3.05) is 11.9 Å². The molecule has 0 amide bonds. The van der Waals surface area contributed by atoms with Crippen LogP contribution in [0.1, 0.15) is 18.7 Å². The number of hydrogen-bond acceptors (Lipinski definition) is 4. The third kappa shape index (κ3) is 2.94. The minimum Gasteiger partial charge on any atom is -0.370 e. The Bertz CT molecular complexity index is 782. The van der Waals surface area contributed by atoms with Gasteiger partial charge in [-0.1, -0.05) is 22.9 Å². The highest BCUT2D eigenvalue weighted by molar-refractivity contribution is 9.10. The first kappa shape index (κ1) is 14.5. The highest BCUT2D eigenvalue weighted by Gasteiger charge is 2.11. The maximum Gasteiger partial charge on any atom is 0.172 e. The quantitative estimate of drug-likeness (QED) is 0.700. The van der Waals surface area contributed by atoms with Crippen LogP contribution in [0.5, 0.6) is 0 Å². The SMILES string of the molecule is CCNc1nc(-c2ccc(CC)s2)nc2ccc(Br)cc12. The highest BCUT2D eigenvalue weighted by atomic mass is 79.9. The Hall–Kier alpha value is -1.46. The third-order valence-corrected chi connectivity index (χ3v) is 4.95. The lowest BCUT2D eigenvalue weighted by Crippen LogP contribution is -2.02.